The van der Waals surface area contributed by atoms with Crippen LogP contribution in [-0.2, 0) is 0 Å². The summed E-state index contributed by atoms with van der Waals surface area (Å²) in [5, 5.41) is 11.7. The molecule has 2 N–H and O–H groups in total. The van der Waals surface area contributed by atoms with Crippen molar-refractivity contribution in [3.8, 4) is 11.8 Å². The van der Waals surface area contributed by atoms with Crippen molar-refractivity contribution >= 4 is 17.2 Å². The maximum absolute atomic E-state index is 12.1. The third-order valence-corrected chi connectivity index (χ3v) is 4.81. The molecule has 2 rings (SSSR count). The van der Waals surface area contributed by atoms with E-state index in [1.54, 1.807) is 0 Å². The van der Waals surface area contributed by atoms with Crippen LogP contribution in [0.15, 0.2) is 6.07 Å². The summed E-state index contributed by atoms with van der Waals surface area (Å²) < 4.78 is 0. The summed E-state index contributed by atoms with van der Waals surface area (Å²) in [4.78, 5) is 13.6. The van der Waals surface area contributed by atoms with Crippen LogP contribution in [0.1, 0.15) is 46.3 Å². The van der Waals surface area contributed by atoms with Gasteiger partial charge in [0.2, 0.25) is 0 Å². The second-order valence-electron chi connectivity index (χ2n) is 5.43. The summed E-state index contributed by atoms with van der Waals surface area (Å²) in [5.74, 6) is 5.47. The summed E-state index contributed by atoms with van der Waals surface area (Å²) in [6.45, 7) is 4.74. The van der Waals surface area contributed by atoms with Crippen molar-refractivity contribution in [3.05, 3.63) is 21.4 Å². The number of rotatable bonds is 3. The number of aliphatic hydroxyl groups excluding tert-OH is 1. The number of amides is 1. The number of thiophene rings is 1. The van der Waals surface area contributed by atoms with E-state index in [9.17, 15) is 4.79 Å². The highest BCUT2D eigenvalue weighted by Gasteiger charge is 2.32. The Bertz CT molecular complexity index is 532. The van der Waals surface area contributed by atoms with Gasteiger partial charge in [0.05, 0.1) is 9.75 Å². The molecule has 0 unspecified atom stereocenters. The number of aryl methyl sites for hydroxylation is 1. The van der Waals surface area contributed by atoms with Crippen LogP contribution in [0.2, 0.25) is 0 Å². The van der Waals surface area contributed by atoms with Gasteiger partial charge in [0.1, 0.15) is 6.61 Å². The van der Waals surface area contributed by atoms with Crippen LogP contribution >= 0.6 is 11.3 Å². The van der Waals surface area contributed by atoms with E-state index in [0.717, 1.165) is 17.0 Å². The van der Waals surface area contributed by atoms with E-state index in [1.165, 1.54) is 30.6 Å². The van der Waals surface area contributed by atoms with Crippen molar-refractivity contribution in [2.24, 2.45) is 5.41 Å². The van der Waals surface area contributed by atoms with Gasteiger partial charge in [-0.2, -0.15) is 0 Å². The standard InChI is InChI=1S/C15H19NO2S/c1-11-9-13(19-12(11)5-3-8-17)14(18)16-10-15(2)6-4-7-15/h9,17H,4,6-8,10H2,1-2H3,(H,16,18). The quantitative estimate of drug-likeness (QED) is 0.833. The highest BCUT2D eigenvalue weighted by molar-refractivity contribution is 7.14. The Morgan fingerprint density at radius 1 is 1.58 bits per heavy atom. The summed E-state index contributed by atoms with van der Waals surface area (Å²) in [7, 11) is 0. The van der Waals surface area contributed by atoms with Crippen LogP contribution in [-0.4, -0.2) is 24.2 Å². The van der Waals surface area contributed by atoms with Gasteiger partial charge in [0, 0.05) is 6.54 Å². The van der Waals surface area contributed by atoms with E-state index in [1.807, 2.05) is 13.0 Å². The third kappa shape index (κ3) is 3.37. The number of hydrogen-bond acceptors (Lipinski definition) is 3. The van der Waals surface area contributed by atoms with E-state index in [2.05, 4.69) is 24.1 Å². The van der Waals surface area contributed by atoms with Gasteiger partial charge in [0.15, 0.2) is 0 Å². The van der Waals surface area contributed by atoms with Crippen molar-refractivity contribution < 1.29 is 9.90 Å². The zero-order valence-corrected chi connectivity index (χ0v) is 12.2. The maximum Gasteiger partial charge on any atom is 0.261 e. The highest BCUT2D eigenvalue weighted by atomic mass is 32.1. The SMILES string of the molecule is Cc1cc(C(=O)NCC2(C)CCC2)sc1C#CCO. The molecular formula is C15H19NO2S. The Hall–Kier alpha value is -1.31. The Balaban J connectivity index is 1.99. The smallest absolute Gasteiger partial charge is 0.261 e. The van der Waals surface area contributed by atoms with Gasteiger partial charge in [-0.25, -0.2) is 0 Å². The number of carbonyl (C=O) groups is 1. The first kappa shape index (κ1) is 14.1. The largest absolute Gasteiger partial charge is 0.384 e. The zero-order chi connectivity index (χ0) is 13.9. The second kappa shape index (κ2) is 5.77. The highest BCUT2D eigenvalue weighted by Crippen LogP contribution is 2.39. The molecular weight excluding hydrogens is 258 g/mol. The fourth-order valence-electron chi connectivity index (χ4n) is 2.18. The van der Waals surface area contributed by atoms with Gasteiger partial charge in [0.25, 0.3) is 5.91 Å². The summed E-state index contributed by atoms with van der Waals surface area (Å²) in [5.41, 5.74) is 1.28. The number of aliphatic hydroxyl groups is 1. The summed E-state index contributed by atoms with van der Waals surface area (Å²) in [6, 6.07) is 1.87. The average molecular weight is 277 g/mol. The van der Waals surface area contributed by atoms with Gasteiger partial charge in [-0.1, -0.05) is 25.2 Å². The first-order valence-corrected chi connectivity index (χ1v) is 7.34. The van der Waals surface area contributed by atoms with E-state index in [4.69, 9.17) is 5.11 Å². The van der Waals surface area contributed by atoms with Crippen LogP contribution in [0.4, 0.5) is 0 Å². The van der Waals surface area contributed by atoms with Gasteiger partial charge in [-0.05, 0) is 36.8 Å². The molecule has 1 aliphatic rings. The van der Waals surface area contributed by atoms with E-state index >= 15 is 0 Å². The molecule has 1 aliphatic carbocycles. The topological polar surface area (TPSA) is 49.3 Å². The van der Waals surface area contributed by atoms with E-state index < -0.39 is 0 Å². The summed E-state index contributed by atoms with van der Waals surface area (Å²) in [6.07, 6.45) is 3.67. The fourth-order valence-corrected chi connectivity index (χ4v) is 3.14. The van der Waals surface area contributed by atoms with Crippen LogP contribution in [0, 0.1) is 24.2 Å². The lowest BCUT2D eigenvalue weighted by molar-refractivity contribution is 0.0894. The molecule has 0 atom stereocenters. The van der Waals surface area contributed by atoms with E-state index in [-0.39, 0.29) is 12.5 Å². The molecule has 1 heterocycles. The molecule has 0 bridgehead atoms. The Morgan fingerprint density at radius 3 is 2.89 bits per heavy atom. The second-order valence-corrected chi connectivity index (χ2v) is 6.48. The van der Waals surface area contributed by atoms with Gasteiger partial charge < -0.3 is 10.4 Å². The molecule has 1 fully saturated rings. The van der Waals surface area contributed by atoms with Crippen LogP contribution in [0.3, 0.4) is 0 Å². The lowest BCUT2D eigenvalue weighted by atomic mass is 9.70. The van der Waals surface area contributed by atoms with Crippen LogP contribution < -0.4 is 5.32 Å². The molecule has 0 aromatic carbocycles. The normalized spacial score (nSPS) is 16.2. The van der Waals surface area contributed by atoms with Gasteiger partial charge >= 0.3 is 0 Å². The lowest BCUT2D eigenvalue weighted by Gasteiger charge is -2.38. The van der Waals surface area contributed by atoms with Crippen LogP contribution in [0.25, 0.3) is 0 Å². The molecule has 1 saturated carbocycles. The minimum absolute atomic E-state index is 0.0155. The molecule has 1 amide bonds. The Labute approximate surface area is 118 Å². The molecule has 3 nitrogen and oxygen atoms in total. The molecule has 4 heteroatoms. The molecule has 0 aliphatic heterocycles. The molecule has 0 radical (unpaired) electrons. The van der Waals surface area contributed by atoms with Crippen molar-refractivity contribution in [3.63, 3.8) is 0 Å². The van der Waals surface area contributed by atoms with Crippen molar-refractivity contribution in [2.75, 3.05) is 13.2 Å². The van der Waals surface area contributed by atoms with Crippen molar-refractivity contribution in [2.45, 2.75) is 33.1 Å². The molecule has 19 heavy (non-hydrogen) atoms. The molecule has 1 aromatic rings. The van der Waals surface area contributed by atoms with Gasteiger partial charge in [-0.15, -0.1) is 11.3 Å². The number of carbonyl (C=O) groups excluding carboxylic acids is 1. The van der Waals surface area contributed by atoms with Crippen molar-refractivity contribution in [1.82, 2.24) is 5.32 Å². The summed E-state index contributed by atoms with van der Waals surface area (Å²) >= 11 is 1.39. The molecule has 102 valence electrons. The minimum Gasteiger partial charge on any atom is -0.384 e. The number of hydrogen-bond donors (Lipinski definition) is 2. The molecule has 0 saturated heterocycles. The fraction of sp³-hybridized carbons (Fsp3) is 0.533. The molecule has 1 aromatic heterocycles. The first-order chi connectivity index (χ1) is 9.04. The Morgan fingerprint density at radius 2 is 2.32 bits per heavy atom. The van der Waals surface area contributed by atoms with Crippen LogP contribution in [0.5, 0.6) is 0 Å². The average Bonchev–Trinajstić information content (AvgIpc) is 2.72. The lowest BCUT2D eigenvalue weighted by Crippen LogP contribution is -2.39. The van der Waals surface area contributed by atoms with Crippen molar-refractivity contribution in [1.29, 1.82) is 0 Å². The predicted octanol–water partition coefficient (Wildman–Crippen LogP) is 2.32. The van der Waals surface area contributed by atoms with E-state index in [0.29, 0.717) is 10.3 Å². The zero-order valence-electron chi connectivity index (χ0n) is 11.4. The predicted molar refractivity (Wildman–Crippen MR) is 77.3 cm³/mol. The first-order valence-electron chi connectivity index (χ1n) is 6.52. The Kier molecular flexibility index (Phi) is 4.28. The van der Waals surface area contributed by atoms with Gasteiger partial charge in [-0.3, -0.25) is 4.79 Å². The molecule has 0 spiro atoms. The third-order valence-electron chi connectivity index (χ3n) is 3.66. The number of nitrogens with one attached hydrogen (secondary N) is 1. The monoisotopic (exact) mass is 277 g/mol. The maximum atomic E-state index is 12.1. The minimum atomic E-state index is -0.156.